The molecule has 0 aliphatic rings. The molecular formula is C38H26N4. The van der Waals surface area contributed by atoms with Gasteiger partial charge in [-0.15, -0.1) is 0 Å². The lowest BCUT2D eigenvalue weighted by atomic mass is 9.91. The van der Waals surface area contributed by atoms with Crippen LogP contribution in [0.1, 0.15) is 0 Å². The first-order chi connectivity index (χ1) is 20.8. The van der Waals surface area contributed by atoms with Crippen molar-refractivity contribution in [2.75, 3.05) is 0 Å². The van der Waals surface area contributed by atoms with Crippen molar-refractivity contribution in [3.63, 3.8) is 0 Å². The first kappa shape index (κ1) is 25.2. The molecule has 0 saturated heterocycles. The Morgan fingerprint density at radius 1 is 0.190 bits per heavy atom. The summed E-state index contributed by atoms with van der Waals surface area (Å²) in [7, 11) is 0. The van der Waals surface area contributed by atoms with E-state index in [0.717, 1.165) is 66.8 Å². The lowest BCUT2D eigenvalue weighted by molar-refractivity contribution is 1.32. The summed E-state index contributed by atoms with van der Waals surface area (Å²) in [5.74, 6) is 0. The minimum absolute atomic E-state index is 1.13. The van der Waals surface area contributed by atoms with E-state index in [2.05, 4.69) is 129 Å². The van der Waals surface area contributed by atoms with Gasteiger partial charge >= 0.3 is 0 Å². The average molecular weight is 539 g/mol. The van der Waals surface area contributed by atoms with Crippen molar-refractivity contribution >= 4 is 0 Å². The Bertz CT molecular complexity index is 1680. The SMILES string of the molecule is c1cc(-c2cc(-c3ccncc3)cc(-c3ccc(-c4cc(-c5ccncc5)cc(-c5ccncc5)c4)cc3)c2)ccn1. The Labute approximate surface area is 245 Å². The van der Waals surface area contributed by atoms with Crippen molar-refractivity contribution in [1.82, 2.24) is 19.9 Å². The van der Waals surface area contributed by atoms with Gasteiger partial charge in [-0.25, -0.2) is 0 Å². The van der Waals surface area contributed by atoms with E-state index in [-0.39, 0.29) is 0 Å². The van der Waals surface area contributed by atoms with Gasteiger partial charge in [-0.3, -0.25) is 19.9 Å². The molecule has 7 rings (SSSR count). The molecule has 0 spiro atoms. The molecule has 4 aromatic heterocycles. The van der Waals surface area contributed by atoms with Crippen LogP contribution in [0, 0.1) is 0 Å². The third kappa shape index (κ3) is 5.34. The molecule has 4 heterocycles. The second-order valence-electron chi connectivity index (χ2n) is 10.1. The van der Waals surface area contributed by atoms with Gasteiger partial charge < -0.3 is 0 Å². The lowest BCUT2D eigenvalue weighted by Gasteiger charge is -2.13. The summed E-state index contributed by atoms with van der Waals surface area (Å²) in [6, 6.07) is 38.7. The Morgan fingerprint density at radius 2 is 0.357 bits per heavy atom. The van der Waals surface area contributed by atoms with Crippen LogP contribution >= 0.6 is 0 Å². The third-order valence-electron chi connectivity index (χ3n) is 7.47. The lowest BCUT2D eigenvalue weighted by Crippen LogP contribution is -1.88. The number of hydrogen-bond donors (Lipinski definition) is 0. The van der Waals surface area contributed by atoms with Crippen molar-refractivity contribution in [3.8, 4) is 66.8 Å². The number of pyridine rings is 4. The Morgan fingerprint density at radius 3 is 0.548 bits per heavy atom. The van der Waals surface area contributed by atoms with Crippen LogP contribution in [0.3, 0.4) is 0 Å². The molecule has 0 radical (unpaired) electrons. The molecule has 7 aromatic rings. The van der Waals surface area contributed by atoms with Crippen molar-refractivity contribution in [1.29, 1.82) is 0 Å². The molecule has 0 N–H and O–H groups in total. The fraction of sp³-hybridized carbons (Fsp3) is 0. The molecule has 0 atom stereocenters. The van der Waals surface area contributed by atoms with Crippen molar-refractivity contribution < 1.29 is 0 Å². The predicted molar refractivity (Wildman–Crippen MR) is 170 cm³/mol. The molecule has 3 aromatic carbocycles. The molecule has 0 aliphatic heterocycles. The summed E-state index contributed by atoms with van der Waals surface area (Å²) in [4.78, 5) is 16.8. The normalized spacial score (nSPS) is 10.9. The Balaban J connectivity index is 1.31. The van der Waals surface area contributed by atoms with Crippen molar-refractivity contribution in [2.24, 2.45) is 0 Å². The van der Waals surface area contributed by atoms with E-state index in [9.17, 15) is 0 Å². The zero-order chi connectivity index (χ0) is 28.1. The second-order valence-corrected chi connectivity index (χ2v) is 10.1. The third-order valence-corrected chi connectivity index (χ3v) is 7.47. The quantitative estimate of drug-likeness (QED) is 0.212. The fourth-order valence-corrected chi connectivity index (χ4v) is 5.29. The number of aromatic nitrogens is 4. The van der Waals surface area contributed by atoms with E-state index < -0.39 is 0 Å². The van der Waals surface area contributed by atoms with E-state index in [4.69, 9.17) is 0 Å². The zero-order valence-electron chi connectivity index (χ0n) is 22.8. The highest BCUT2D eigenvalue weighted by Gasteiger charge is 2.10. The molecule has 0 amide bonds. The predicted octanol–water partition coefficient (Wildman–Crippen LogP) is 9.27. The number of nitrogens with zero attached hydrogens (tertiary/aromatic N) is 4. The number of hydrogen-bond acceptors (Lipinski definition) is 4. The molecule has 198 valence electrons. The monoisotopic (exact) mass is 538 g/mol. The van der Waals surface area contributed by atoms with Gasteiger partial charge in [0, 0.05) is 49.6 Å². The summed E-state index contributed by atoms with van der Waals surface area (Å²) < 4.78 is 0. The smallest absolute Gasteiger partial charge is 0.0273 e. The molecule has 0 saturated carbocycles. The van der Waals surface area contributed by atoms with Crippen LogP contribution in [0.25, 0.3) is 66.8 Å². The van der Waals surface area contributed by atoms with Crippen molar-refractivity contribution in [2.45, 2.75) is 0 Å². The summed E-state index contributed by atoms with van der Waals surface area (Å²) in [6.07, 6.45) is 14.7. The molecule has 0 bridgehead atoms. The summed E-state index contributed by atoms with van der Waals surface area (Å²) in [6.45, 7) is 0. The minimum atomic E-state index is 1.13. The fourth-order valence-electron chi connectivity index (χ4n) is 5.29. The van der Waals surface area contributed by atoms with Crippen LogP contribution in [-0.4, -0.2) is 19.9 Å². The highest BCUT2D eigenvalue weighted by atomic mass is 14.6. The molecule has 4 nitrogen and oxygen atoms in total. The largest absolute Gasteiger partial charge is 0.265 e. The highest BCUT2D eigenvalue weighted by Crippen LogP contribution is 2.36. The molecule has 0 fully saturated rings. The highest BCUT2D eigenvalue weighted by molar-refractivity contribution is 5.84. The van der Waals surface area contributed by atoms with E-state index in [0.29, 0.717) is 0 Å². The first-order valence-electron chi connectivity index (χ1n) is 13.8. The van der Waals surface area contributed by atoms with Crippen LogP contribution in [-0.2, 0) is 0 Å². The van der Waals surface area contributed by atoms with Gasteiger partial charge in [-0.2, -0.15) is 0 Å². The summed E-state index contributed by atoms with van der Waals surface area (Å²) >= 11 is 0. The van der Waals surface area contributed by atoms with Crippen LogP contribution in [0.4, 0.5) is 0 Å². The van der Waals surface area contributed by atoms with Crippen molar-refractivity contribution in [3.05, 3.63) is 159 Å². The maximum absolute atomic E-state index is 4.21. The Kier molecular flexibility index (Phi) is 6.85. The van der Waals surface area contributed by atoms with Gasteiger partial charge in [0.15, 0.2) is 0 Å². The number of benzene rings is 3. The van der Waals surface area contributed by atoms with E-state index in [1.54, 1.807) is 0 Å². The Hall–Kier alpha value is -5.74. The van der Waals surface area contributed by atoms with Gasteiger partial charge in [0.1, 0.15) is 0 Å². The molecule has 42 heavy (non-hydrogen) atoms. The average Bonchev–Trinajstić information content (AvgIpc) is 3.09. The molecule has 0 unspecified atom stereocenters. The number of rotatable bonds is 6. The van der Waals surface area contributed by atoms with E-state index >= 15 is 0 Å². The summed E-state index contributed by atoms with van der Waals surface area (Å²) in [5.41, 5.74) is 13.8. The maximum atomic E-state index is 4.21. The van der Waals surface area contributed by atoms with Gasteiger partial charge in [0.2, 0.25) is 0 Å². The van der Waals surface area contributed by atoms with Crippen LogP contribution in [0.5, 0.6) is 0 Å². The molecule has 0 aliphatic carbocycles. The standard InChI is InChI=1S/C38H26N4/c1-2-28(34-23-37(31-9-17-41-18-10-31)26-38(24-34)32-11-19-42-20-12-32)4-3-27(1)33-21-35(29-5-13-39-14-6-29)25-36(22-33)30-7-15-40-16-8-30/h1-26H. The molecule has 4 heteroatoms. The summed E-state index contributed by atoms with van der Waals surface area (Å²) in [5, 5.41) is 0. The van der Waals surface area contributed by atoms with E-state index in [1.165, 1.54) is 0 Å². The van der Waals surface area contributed by atoms with Gasteiger partial charge in [0.25, 0.3) is 0 Å². The van der Waals surface area contributed by atoms with Crippen LogP contribution in [0.2, 0.25) is 0 Å². The van der Waals surface area contributed by atoms with Gasteiger partial charge in [0.05, 0.1) is 0 Å². The van der Waals surface area contributed by atoms with Crippen LogP contribution in [0.15, 0.2) is 159 Å². The van der Waals surface area contributed by atoms with Crippen LogP contribution < -0.4 is 0 Å². The maximum Gasteiger partial charge on any atom is 0.0273 e. The van der Waals surface area contributed by atoms with E-state index in [1.807, 2.05) is 49.6 Å². The minimum Gasteiger partial charge on any atom is -0.265 e. The second kappa shape index (κ2) is 11.4. The topological polar surface area (TPSA) is 51.6 Å². The van der Waals surface area contributed by atoms with Gasteiger partial charge in [-0.05, 0) is 152 Å². The zero-order valence-corrected chi connectivity index (χ0v) is 22.8. The van der Waals surface area contributed by atoms with Gasteiger partial charge in [-0.1, -0.05) is 24.3 Å². The first-order valence-corrected chi connectivity index (χ1v) is 13.8. The molecular weight excluding hydrogens is 512 g/mol.